The monoisotopic (exact) mass is 456 g/mol. The Morgan fingerprint density at radius 1 is 1.00 bits per heavy atom. The van der Waals surface area contributed by atoms with Crippen LogP contribution in [0.25, 0.3) is 0 Å². The van der Waals surface area contributed by atoms with E-state index in [2.05, 4.69) is 9.47 Å². The summed E-state index contributed by atoms with van der Waals surface area (Å²) in [5.74, 6) is -5.60. The van der Waals surface area contributed by atoms with Crippen molar-refractivity contribution < 1.29 is 54.2 Å². The summed E-state index contributed by atoms with van der Waals surface area (Å²) in [4.78, 5) is 11.5. The highest BCUT2D eigenvalue weighted by Crippen LogP contribution is 2.24. The quantitative estimate of drug-likeness (QED) is 0.162. The fraction of sp³-hybridized carbons (Fsp3) is 0.938. The first-order valence-corrected chi connectivity index (χ1v) is 10.8. The summed E-state index contributed by atoms with van der Waals surface area (Å²) in [5.41, 5.74) is 0. The largest absolute Gasteiger partial charge is 0.500 e. The van der Waals surface area contributed by atoms with Gasteiger partial charge in [-0.25, -0.2) is 4.79 Å². The fourth-order valence-corrected chi connectivity index (χ4v) is 3.70. The molecule has 13 heteroatoms. The highest BCUT2D eigenvalue weighted by Gasteiger charge is 2.41. The molecule has 0 spiro atoms. The molecule has 0 amide bonds. The lowest BCUT2D eigenvalue weighted by Crippen LogP contribution is -2.43. The van der Waals surface area contributed by atoms with Crippen molar-refractivity contribution >= 4 is 14.8 Å². The number of rotatable bonds is 15. The fourth-order valence-electron chi connectivity index (χ4n) is 2.01. The minimum absolute atomic E-state index is 0.0812. The normalized spacial score (nSPS) is 15.2. The van der Waals surface area contributed by atoms with E-state index in [9.17, 15) is 26.7 Å². The van der Waals surface area contributed by atoms with E-state index in [0.29, 0.717) is 12.5 Å². The van der Waals surface area contributed by atoms with Crippen molar-refractivity contribution in [2.75, 3.05) is 41.2 Å². The smallest absolute Gasteiger partial charge is 0.453 e. The van der Waals surface area contributed by atoms with Crippen LogP contribution in [-0.2, 0) is 32.3 Å². The molecule has 0 saturated carbocycles. The van der Waals surface area contributed by atoms with Gasteiger partial charge in [0.15, 0.2) is 6.10 Å². The predicted molar refractivity (Wildman–Crippen MR) is 93.6 cm³/mol. The summed E-state index contributed by atoms with van der Waals surface area (Å²) in [6.45, 7) is 0.742. The van der Waals surface area contributed by atoms with Crippen LogP contribution in [0, 0.1) is 0 Å². The average molecular weight is 456 g/mol. The summed E-state index contributed by atoms with van der Waals surface area (Å²) in [7, 11) is 1.48. The van der Waals surface area contributed by atoms with Crippen LogP contribution in [-0.4, -0.2) is 80.2 Å². The first kappa shape index (κ1) is 28.1. The molecule has 0 rings (SSSR count). The van der Waals surface area contributed by atoms with Gasteiger partial charge in [-0.3, -0.25) is 0 Å². The second-order valence-corrected chi connectivity index (χ2v) is 9.17. The number of hydrogen-bond donors (Lipinski definition) is 0. The number of ether oxygens (including phenoxy) is 3. The van der Waals surface area contributed by atoms with Crippen molar-refractivity contribution in [1.29, 1.82) is 0 Å². The van der Waals surface area contributed by atoms with Gasteiger partial charge < -0.3 is 27.5 Å². The van der Waals surface area contributed by atoms with E-state index < -0.39 is 58.7 Å². The van der Waals surface area contributed by atoms with Crippen molar-refractivity contribution in [3.8, 4) is 0 Å². The van der Waals surface area contributed by atoms with Gasteiger partial charge in [-0.05, 0) is 13.3 Å². The summed E-state index contributed by atoms with van der Waals surface area (Å²) >= 11 is 0. The minimum Gasteiger partial charge on any atom is -0.453 e. The van der Waals surface area contributed by atoms with Crippen LogP contribution >= 0.6 is 0 Å². The van der Waals surface area contributed by atoms with Crippen molar-refractivity contribution in [3.05, 3.63) is 0 Å². The second kappa shape index (κ2) is 12.7. The molecule has 0 aliphatic carbocycles. The van der Waals surface area contributed by atoms with Crippen molar-refractivity contribution in [2.24, 2.45) is 0 Å². The van der Waals surface area contributed by atoms with E-state index in [-0.39, 0.29) is 6.61 Å². The SMILES string of the molecule is CCC(F)(F)C(=O)OC(COCCC[Si](OC)(OC)OC)COC(C)C(F)(F)F. The Kier molecular flexibility index (Phi) is 12.4. The van der Waals surface area contributed by atoms with Gasteiger partial charge in [0.2, 0.25) is 0 Å². The summed E-state index contributed by atoms with van der Waals surface area (Å²) < 4.78 is 94.6. The van der Waals surface area contributed by atoms with Gasteiger partial charge in [-0.2, -0.15) is 22.0 Å². The van der Waals surface area contributed by atoms with Gasteiger partial charge in [-0.15, -0.1) is 0 Å². The molecule has 0 aromatic carbocycles. The standard InChI is InChI=1S/C16H29F5O7Si/c1-6-15(17,18)14(22)28-13(11-27-12(2)16(19,20)21)10-26-8-7-9-29(23-3,24-4)25-5/h12-13H,6-11H2,1-5H3. The lowest BCUT2D eigenvalue weighted by molar-refractivity contribution is -0.225. The van der Waals surface area contributed by atoms with E-state index in [1.54, 1.807) is 0 Å². The molecule has 0 fully saturated rings. The van der Waals surface area contributed by atoms with Crippen LogP contribution in [0.5, 0.6) is 0 Å². The Morgan fingerprint density at radius 2 is 1.55 bits per heavy atom. The maximum Gasteiger partial charge on any atom is 0.500 e. The second-order valence-electron chi connectivity index (χ2n) is 6.08. The summed E-state index contributed by atoms with van der Waals surface area (Å²) in [5, 5.41) is 0. The minimum atomic E-state index is -4.64. The van der Waals surface area contributed by atoms with Crippen molar-refractivity contribution in [2.45, 2.75) is 57.0 Å². The van der Waals surface area contributed by atoms with E-state index in [0.717, 1.165) is 13.8 Å². The number of halogens is 5. The molecule has 174 valence electrons. The molecule has 29 heavy (non-hydrogen) atoms. The molecule has 0 radical (unpaired) electrons. The molecule has 0 aromatic rings. The molecular weight excluding hydrogens is 427 g/mol. The van der Waals surface area contributed by atoms with E-state index in [1.165, 1.54) is 21.3 Å². The molecular formula is C16H29F5O7Si. The van der Waals surface area contributed by atoms with Gasteiger partial charge in [0, 0.05) is 40.4 Å². The van der Waals surface area contributed by atoms with Crippen LogP contribution in [0.1, 0.15) is 26.7 Å². The van der Waals surface area contributed by atoms with Gasteiger partial charge >= 0.3 is 26.9 Å². The van der Waals surface area contributed by atoms with Crippen molar-refractivity contribution in [1.82, 2.24) is 0 Å². The van der Waals surface area contributed by atoms with Gasteiger partial charge in [0.25, 0.3) is 0 Å². The zero-order valence-corrected chi connectivity index (χ0v) is 18.1. The van der Waals surface area contributed by atoms with Crippen LogP contribution in [0.2, 0.25) is 6.04 Å². The maximum atomic E-state index is 13.4. The third-order valence-corrected chi connectivity index (χ3v) is 6.85. The Balaban J connectivity index is 4.71. The van der Waals surface area contributed by atoms with Crippen LogP contribution in [0.4, 0.5) is 22.0 Å². The summed E-state index contributed by atoms with van der Waals surface area (Å²) in [6.07, 6.45) is -8.65. The predicted octanol–water partition coefficient (Wildman–Crippen LogP) is 3.20. The van der Waals surface area contributed by atoms with Gasteiger partial charge in [0.1, 0.15) is 6.10 Å². The lowest BCUT2D eigenvalue weighted by atomic mass is 10.2. The molecule has 0 bridgehead atoms. The zero-order chi connectivity index (χ0) is 22.7. The number of carbonyl (C=O) groups is 1. The molecule has 7 nitrogen and oxygen atoms in total. The molecule has 0 aliphatic rings. The van der Waals surface area contributed by atoms with Gasteiger partial charge in [-0.1, -0.05) is 6.92 Å². The van der Waals surface area contributed by atoms with Crippen molar-refractivity contribution in [3.63, 3.8) is 0 Å². The average Bonchev–Trinajstić information content (AvgIpc) is 2.67. The molecule has 2 atom stereocenters. The number of alkyl halides is 5. The lowest BCUT2D eigenvalue weighted by Gasteiger charge is -2.25. The molecule has 0 saturated heterocycles. The van der Waals surface area contributed by atoms with E-state index in [4.69, 9.17) is 18.0 Å². The van der Waals surface area contributed by atoms with Crippen LogP contribution < -0.4 is 0 Å². The number of carbonyl (C=O) groups excluding carboxylic acids is 1. The molecule has 0 N–H and O–H groups in total. The Labute approximate surface area is 168 Å². The molecule has 2 unspecified atom stereocenters. The van der Waals surface area contributed by atoms with Crippen LogP contribution in [0.15, 0.2) is 0 Å². The third kappa shape index (κ3) is 10.1. The first-order chi connectivity index (χ1) is 13.4. The number of esters is 1. The van der Waals surface area contributed by atoms with Gasteiger partial charge in [0.05, 0.1) is 13.2 Å². The zero-order valence-electron chi connectivity index (χ0n) is 17.1. The van der Waals surface area contributed by atoms with E-state index in [1.807, 2.05) is 0 Å². The van der Waals surface area contributed by atoms with Crippen LogP contribution in [0.3, 0.4) is 0 Å². The Hall–Kier alpha value is -0.863. The van der Waals surface area contributed by atoms with E-state index >= 15 is 0 Å². The Morgan fingerprint density at radius 3 is 2.00 bits per heavy atom. The molecule has 0 heterocycles. The topological polar surface area (TPSA) is 72.5 Å². The summed E-state index contributed by atoms with van der Waals surface area (Å²) in [6, 6.07) is 0.385. The molecule has 0 aromatic heterocycles. The number of hydrogen-bond acceptors (Lipinski definition) is 7. The third-order valence-electron chi connectivity index (χ3n) is 4.02. The molecule has 0 aliphatic heterocycles. The highest BCUT2D eigenvalue weighted by atomic mass is 28.4. The first-order valence-electron chi connectivity index (χ1n) is 8.87. The maximum absolute atomic E-state index is 13.4. The Bertz CT molecular complexity index is 467. The highest BCUT2D eigenvalue weighted by molar-refractivity contribution is 6.60.